The van der Waals surface area contributed by atoms with Crippen LogP contribution in [0.3, 0.4) is 0 Å². The van der Waals surface area contributed by atoms with E-state index in [-0.39, 0.29) is 30.8 Å². The van der Waals surface area contributed by atoms with Gasteiger partial charge in [0.2, 0.25) is 5.60 Å². The van der Waals surface area contributed by atoms with E-state index in [4.69, 9.17) is 11.6 Å². The van der Waals surface area contributed by atoms with Crippen LogP contribution in [0.5, 0.6) is 0 Å². The molecule has 0 aromatic heterocycles. The molecule has 2 saturated heterocycles. The molecule has 6 nitrogen and oxygen atoms in total. The van der Waals surface area contributed by atoms with Gasteiger partial charge < -0.3 is 19.8 Å². The maximum Gasteiger partial charge on any atom is 0.457 e. The Kier molecular flexibility index (Phi) is 8.90. The highest BCUT2D eigenvalue weighted by molar-refractivity contribution is 6.34. The highest BCUT2D eigenvalue weighted by atomic mass is 35.5. The number of carbonyl (C=O) groups is 2. The van der Waals surface area contributed by atoms with Crippen molar-refractivity contribution < 1.29 is 36.6 Å². The molecule has 2 amide bonds. The summed E-state index contributed by atoms with van der Waals surface area (Å²) in [4.78, 5) is 30.0. The first-order chi connectivity index (χ1) is 19.2. The van der Waals surface area contributed by atoms with E-state index in [1.165, 1.54) is 23.1 Å². The minimum atomic E-state index is -6.13. The summed E-state index contributed by atoms with van der Waals surface area (Å²) in [5.41, 5.74) is -3.56. The molecule has 0 saturated carbocycles. The zero-order valence-electron chi connectivity index (χ0n) is 22.8. The normalized spacial score (nSPS) is 19.1. The summed E-state index contributed by atoms with van der Waals surface area (Å²) in [5.74, 6) is -7.07. The van der Waals surface area contributed by atoms with E-state index in [1.807, 2.05) is 6.07 Å². The molecule has 12 heteroatoms. The lowest BCUT2D eigenvalue weighted by atomic mass is 9.78. The molecule has 0 bridgehead atoms. The average Bonchev–Trinajstić information content (AvgIpc) is 2.96. The molecule has 1 N–H and O–H groups in total. The largest absolute Gasteiger partial charge is 0.457 e. The molecule has 0 unspecified atom stereocenters. The number of nitrogens with zero attached hydrogens (tertiary/aromatic N) is 3. The number of benzene rings is 2. The van der Waals surface area contributed by atoms with E-state index >= 15 is 0 Å². The number of amides is 2. The zero-order chi connectivity index (χ0) is 30.2. The molecule has 2 aliphatic heterocycles. The maximum atomic E-state index is 14.7. The third kappa shape index (κ3) is 5.88. The van der Waals surface area contributed by atoms with Crippen LogP contribution in [0.25, 0.3) is 0 Å². The Bertz CT molecular complexity index is 1240. The number of likely N-dealkylation sites (tertiary alicyclic amines) is 1. The lowest BCUT2D eigenvalue weighted by molar-refractivity contribution is -0.339. The van der Waals surface area contributed by atoms with Gasteiger partial charge in [-0.05, 0) is 61.3 Å². The van der Waals surface area contributed by atoms with Crippen LogP contribution in [-0.4, -0.2) is 79.1 Å². The van der Waals surface area contributed by atoms with Crippen LogP contribution in [-0.2, 0) is 10.4 Å². The van der Waals surface area contributed by atoms with Crippen molar-refractivity contribution in [2.45, 2.75) is 43.4 Å². The van der Waals surface area contributed by atoms with E-state index in [1.54, 1.807) is 26.2 Å². The molecule has 4 rings (SSSR count). The molecule has 1 atom stereocenters. The Morgan fingerprint density at radius 1 is 0.878 bits per heavy atom. The van der Waals surface area contributed by atoms with Gasteiger partial charge in [-0.25, -0.2) is 0 Å². The van der Waals surface area contributed by atoms with Gasteiger partial charge >= 0.3 is 12.1 Å². The fourth-order valence-corrected chi connectivity index (χ4v) is 6.13. The van der Waals surface area contributed by atoms with Crippen molar-refractivity contribution in [1.82, 2.24) is 9.80 Å². The molecular formula is C29H33ClF5N3O3. The summed E-state index contributed by atoms with van der Waals surface area (Å²) in [6, 6.07) is 10.9. The Morgan fingerprint density at radius 3 is 1.90 bits per heavy atom. The molecular weight excluding hydrogens is 569 g/mol. The van der Waals surface area contributed by atoms with Gasteiger partial charge in [0.1, 0.15) is 0 Å². The molecule has 2 fully saturated rings. The average molecular weight is 602 g/mol. The Labute approximate surface area is 240 Å². The summed E-state index contributed by atoms with van der Waals surface area (Å²) < 4.78 is 69.6. The van der Waals surface area contributed by atoms with Crippen molar-refractivity contribution in [2.24, 2.45) is 11.8 Å². The highest BCUT2D eigenvalue weighted by Gasteiger charge is 2.74. The number of rotatable bonds is 6. The SMILES string of the molecule is CN(C)C(=O)c1ccc(N2CCC(C3CCN(C(=O)[C@@](O)(c4ccccc4)C(F)(F)C(F)(F)F)CC3)CC2)cc1Cl. The number of hydrogen-bond donors (Lipinski definition) is 1. The number of aliphatic hydroxyl groups is 1. The second-order valence-electron chi connectivity index (χ2n) is 11.0. The maximum absolute atomic E-state index is 14.7. The number of anilines is 1. The first kappa shape index (κ1) is 31.0. The minimum absolute atomic E-state index is 0.0240. The highest BCUT2D eigenvalue weighted by Crippen LogP contribution is 2.49. The van der Waals surface area contributed by atoms with Crippen LogP contribution in [0.4, 0.5) is 27.6 Å². The van der Waals surface area contributed by atoms with Crippen molar-refractivity contribution in [2.75, 3.05) is 45.2 Å². The quantitative estimate of drug-likeness (QED) is 0.439. The minimum Gasteiger partial charge on any atom is -0.371 e. The molecule has 0 radical (unpaired) electrons. The summed E-state index contributed by atoms with van der Waals surface area (Å²) in [7, 11) is 3.30. The predicted octanol–water partition coefficient (Wildman–Crippen LogP) is 5.58. The Morgan fingerprint density at radius 2 is 1.41 bits per heavy atom. The van der Waals surface area contributed by atoms with Gasteiger partial charge in [-0.2, -0.15) is 22.0 Å². The van der Waals surface area contributed by atoms with Gasteiger partial charge in [0.15, 0.2) is 0 Å². The molecule has 2 aromatic rings. The molecule has 2 aliphatic rings. The zero-order valence-corrected chi connectivity index (χ0v) is 23.6. The molecule has 2 heterocycles. The van der Waals surface area contributed by atoms with Gasteiger partial charge in [0, 0.05) is 46.0 Å². The van der Waals surface area contributed by atoms with Gasteiger partial charge in [0.05, 0.1) is 10.6 Å². The van der Waals surface area contributed by atoms with E-state index in [9.17, 15) is 36.6 Å². The standard InChI is InChI=1S/C29H33ClF5N3O3/c1-36(2)25(39)23-9-8-22(18-24(23)30)37-14-10-19(11-15-37)20-12-16-38(17-13-20)26(40)27(41,21-6-4-3-5-7-21)28(31,32)29(33,34)35/h3-9,18-20,41H,10-17H2,1-2H3/t27-/m0/s1. The Hall–Kier alpha value is -2.92. The topological polar surface area (TPSA) is 64.1 Å². The summed E-state index contributed by atoms with van der Waals surface area (Å²) in [5, 5.41) is 11.2. The van der Waals surface area contributed by atoms with Crippen molar-refractivity contribution in [3.63, 3.8) is 0 Å². The summed E-state index contributed by atoms with van der Waals surface area (Å²) in [6.07, 6.45) is -3.60. The van der Waals surface area contributed by atoms with Crippen molar-refractivity contribution in [1.29, 1.82) is 0 Å². The number of hydrogen-bond acceptors (Lipinski definition) is 4. The van der Waals surface area contributed by atoms with Crippen molar-refractivity contribution >= 4 is 29.1 Å². The second kappa shape index (κ2) is 11.8. The van der Waals surface area contributed by atoms with Gasteiger partial charge in [-0.15, -0.1) is 0 Å². The molecule has 224 valence electrons. The second-order valence-corrected chi connectivity index (χ2v) is 11.4. The van der Waals surface area contributed by atoms with Crippen LogP contribution in [0.15, 0.2) is 48.5 Å². The van der Waals surface area contributed by atoms with Gasteiger partial charge in [-0.3, -0.25) is 9.59 Å². The first-order valence-electron chi connectivity index (χ1n) is 13.5. The fourth-order valence-electron chi connectivity index (χ4n) is 5.87. The van der Waals surface area contributed by atoms with Gasteiger partial charge in [-0.1, -0.05) is 41.9 Å². The first-order valence-corrected chi connectivity index (χ1v) is 13.8. The van der Waals surface area contributed by atoms with Crippen molar-refractivity contribution in [3.8, 4) is 0 Å². The predicted molar refractivity (Wildman–Crippen MR) is 145 cm³/mol. The lowest BCUT2D eigenvalue weighted by Crippen LogP contribution is -2.63. The third-order valence-corrected chi connectivity index (χ3v) is 8.61. The third-order valence-electron chi connectivity index (χ3n) is 8.30. The van der Waals surface area contributed by atoms with Crippen LogP contribution in [0.1, 0.15) is 41.6 Å². The molecule has 0 spiro atoms. The van der Waals surface area contributed by atoms with E-state index in [0.29, 0.717) is 23.4 Å². The molecule has 0 aliphatic carbocycles. The summed E-state index contributed by atoms with van der Waals surface area (Å²) in [6.45, 7) is 1.41. The van der Waals surface area contributed by atoms with E-state index < -0.39 is 29.2 Å². The molecule has 41 heavy (non-hydrogen) atoms. The number of carbonyl (C=O) groups excluding carboxylic acids is 2. The lowest BCUT2D eigenvalue weighted by Gasteiger charge is -2.43. The van der Waals surface area contributed by atoms with Gasteiger partial charge in [0.25, 0.3) is 11.8 Å². The van der Waals surface area contributed by atoms with Crippen LogP contribution in [0.2, 0.25) is 5.02 Å². The van der Waals surface area contributed by atoms with Crippen LogP contribution >= 0.6 is 11.6 Å². The van der Waals surface area contributed by atoms with Crippen LogP contribution < -0.4 is 4.90 Å². The number of alkyl halides is 5. The van der Waals surface area contributed by atoms with E-state index in [2.05, 4.69) is 4.90 Å². The van der Waals surface area contributed by atoms with Crippen molar-refractivity contribution in [3.05, 3.63) is 64.7 Å². The number of piperidine rings is 2. The monoisotopic (exact) mass is 601 g/mol. The Balaban J connectivity index is 1.39. The smallest absolute Gasteiger partial charge is 0.371 e. The fraction of sp³-hybridized carbons (Fsp3) is 0.517. The van der Waals surface area contributed by atoms with Crippen LogP contribution in [0, 0.1) is 11.8 Å². The molecule has 2 aromatic carbocycles. The van der Waals surface area contributed by atoms with E-state index in [0.717, 1.165) is 48.7 Å². The number of halogens is 6. The summed E-state index contributed by atoms with van der Waals surface area (Å²) >= 11 is 6.37.